The summed E-state index contributed by atoms with van der Waals surface area (Å²) in [5.74, 6) is 2.20. The summed E-state index contributed by atoms with van der Waals surface area (Å²) in [5, 5.41) is 0. The summed E-state index contributed by atoms with van der Waals surface area (Å²) in [5.41, 5.74) is 1.11. The van der Waals surface area contributed by atoms with Gasteiger partial charge >= 0.3 is 0 Å². The summed E-state index contributed by atoms with van der Waals surface area (Å²) in [6.07, 6.45) is 6.75. The minimum atomic E-state index is 0.0196. The van der Waals surface area contributed by atoms with Crippen molar-refractivity contribution >= 4 is 0 Å². The molecule has 24 heavy (non-hydrogen) atoms. The van der Waals surface area contributed by atoms with Crippen molar-refractivity contribution in [2.45, 2.75) is 66.8 Å². The fourth-order valence-electron chi connectivity index (χ4n) is 2.17. The minimum Gasteiger partial charge on any atom is -0.378 e. The Morgan fingerprint density at radius 3 is 1.71 bits per heavy atom. The number of rotatable bonds is 0. The van der Waals surface area contributed by atoms with Crippen molar-refractivity contribution in [1.29, 1.82) is 0 Å². The molecule has 1 aromatic heterocycles. The second-order valence-electron chi connectivity index (χ2n) is 6.97. The number of nitrogens with zero attached hydrogens (tertiary/aromatic N) is 2. The van der Waals surface area contributed by atoms with E-state index in [1.807, 2.05) is 33.2 Å². The molecule has 2 fully saturated rings. The Balaban J connectivity index is 0.000000180. The normalized spacial score (nSPS) is 29.6. The molecule has 0 aromatic carbocycles. The van der Waals surface area contributed by atoms with Gasteiger partial charge in [0.05, 0.1) is 19.3 Å². The zero-order chi connectivity index (χ0) is 17.9. The first-order valence-electron chi connectivity index (χ1n) is 8.96. The number of aromatic nitrogens is 2. The molecule has 2 aliphatic rings. The van der Waals surface area contributed by atoms with Crippen molar-refractivity contribution in [2.75, 3.05) is 19.8 Å². The van der Waals surface area contributed by atoms with E-state index in [2.05, 4.69) is 30.7 Å². The highest BCUT2D eigenvalue weighted by Gasteiger charge is 2.14. The second-order valence-corrected chi connectivity index (χ2v) is 6.97. The summed E-state index contributed by atoms with van der Waals surface area (Å²) in [6.45, 7) is 14.9. The summed E-state index contributed by atoms with van der Waals surface area (Å²) < 4.78 is 15.7. The Morgan fingerprint density at radius 2 is 1.33 bits per heavy atom. The number of aryl methyl sites for hydroxylation is 2. The van der Waals surface area contributed by atoms with Gasteiger partial charge in [0.15, 0.2) is 6.29 Å². The van der Waals surface area contributed by atoms with Gasteiger partial charge in [-0.05, 0) is 52.0 Å². The van der Waals surface area contributed by atoms with Crippen molar-refractivity contribution in [3.63, 3.8) is 0 Å². The molecule has 0 spiro atoms. The predicted molar refractivity (Wildman–Crippen MR) is 95.8 cm³/mol. The highest BCUT2D eigenvalue weighted by molar-refractivity contribution is 5.00. The van der Waals surface area contributed by atoms with Crippen LogP contribution in [-0.2, 0) is 14.2 Å². The first-order chi connectivity index (χ1) is 11.4. The van der Waals surface area contributed by atoms with Gasteiger partial charge in [0.25, 0.3) is 0 Å². The maximum absolute atomic E-state index is 5.39. The smallest absolute Gasteiger partial charge is 0.154 e. The van der Waals surface area contributed by atoms with E-state index in [9.17, 15) is 0 Å². The van der Waals surface area contributed by atoms with Gasteiger partial charge in [0.1, 0.15) is 5.82 Å². The third-order valence-electron chi connectivity index (χ3n) is 3.87. The van der Waals surface area contributed by atoms with Crippen LogP contribution in [0.1, 0.15) is 51.9 Å². The van der Waals surface area contributed by atoms with E-state index in [1.54, 1.807) is 0 Å². The molecular weight excluding hydrogens is 304 g/mol. The standard InChI is InChI=1S/C7H14O.C6H8N2.C6H12O2/c1-6-3-4-7(2)8-5-6;2*1-5-3-7-6(2)8-4-5/h6-7H,3-5H2,1-2H3;3-4H,1-2H3;5-6H,3-4H2,1-2H3. The summed E-state index contributed by atoms with van der Waals surface area (Å²) in [6, 6.07) is 0. The Kier molecular flexibility index (Phi) is 10.1. The van der Waals surface area contributed by atoms with E-state index in [0.717, 1.165) is 37.1 Å². The Labute approximate surface area is 147 Å². The Bertz CT molecular complexity index is 362. The van der Waals surface area contributed by atoms with E-state index in [4.69, 9.17) is 14.2 Å². The summed E-state index contributed by atoms with van der Waals surface area (Å²) in [4.78, 5) is 7.94. The van der Waals surface area contributed by atoms with Gasteiger partial charge in [-0.25, -0.2) is 9.97 Å². The zero-order valence-corrected chi connectivity index (χ0v) is 16.1. The highest BCUT2D eigenvalue weighted by Crippen LogP contribution is 2.16. The number of ether oxygens (including phenoxy) is 3. The van der Waals surface area contributed by atoms with Gasteiger partial charge in [-0.15, -0.1) is 0 Å². The average molecular weight is 338 g/mol. The third-order valence-corrected chi connectivity index (χ3v) is 3.87. The van der Waals surface area contributed by atoms with E-state index in [1.165, 1.54) is 12.8 Å². The van der Waals surface area contributed by atoms with Crippen LogP contribution in [0.5, 0.6) is 0 Å². The first-order valence-corrected chi connectivity index (χ1v) is 8.96. The van der Waals surface area contributed by atoms with Crippen LogP contribution >= 0.6 is 0 Å². The van der Waals surface area contributed by atoms with E-state index in [0.29, 0.717) is 12.0 Å². The van der Waals surface area contributed by atoms with Gasteiger partial charge in [-0.2, -0.15) is 0 Å². The topological polar surface area (TPSA) is 53.5 Å². The molecule has 3 rings (SSSR count). The first kappa shape index (κ1) is 21.0. The van der Waals surface area contributed by atoms with E-state index < -0.39 is 0 Å². The van der Waals surface area contributed by atoms with Crippen LogP contribution in [0.3, 0.4) is 0 Å². The molecule has 5 nitrogen and oxygen atoms in total. The van der Waals surface area contributed by atoms with Crippen molar-refractivity contribution < 1.29 is 14.2 Å². The van der Waals surface area contributed by atoms with Crippen molar-refractivity contribution in [1.82, 2.24) is 9.97 Å². The quantitative estimate of drug-likeness (QED) is 0.717. The lowest BCUT2D eigenvalue weighted by Gasteiger charge is -2.24. The fraction of sp³-hybridized carbons (Fsp3) is 0.789. The molecule has 0 amide bonds. The predicted octanol–water partition coefficient (Wildman–Crippen LogP) is 3.93. The van der Waals surface area contributed by atoms with Crippen LogP contribution < -0.4 is 0 Å². The fourth-order valence-corrected chi connectivity index (χ4v) is 2.17. The molecule has 2 unspecified atom stereocenters. The lowest BCUT2D eigenvalue weighted by molar-refractivity contribution is -0.187. The number of hydrogen-bond acceptors (Lipinski definition) is 5. The van der Waals surface area contributed by atoms with Crippen LogP contribution in [0.4, 0.5) is 0 Å². The minimum absolute atomic E-state index is 0.0196. The van der Waals surface area contributed by atoms with Crippen molar-refractivity contribution in [2.24, 2.45) is 11.8 Å². The molecule has 2 atom stereocenters. The zero-order valence-electron chi connectivity index (χ0n) is 16.1. The van der Waals surface area contributed by atoms with Gasteiger partial charge in [0, 0.05) is 24.9 Å². The molecule has 138 valence electrons. The molecule has 1 aromatic rings. The number of hydrogen-bond donors (Lipinski definition) is 0. The molecule has 2 saturated heterocycles. The van der Waals surface area contributed by atoms with Crippen LogP contribution in [0.2, 0.25) is 0 Å². The molecule has 0 aliphatic carbocycles. The molecule has 5 heteroatoms. The summed E-state index contributed by atoms with van der Waals surface area (Å²) in [7, 11) is 0. The van der Waals surface area contributed by atoms with E-state index in [-0.39, 0.29) is 6.29 Å². The lowest BCUT2D eigenvalue weighted by atomic mass is 10.0. The molecule has 3 heterocycles. The molecule has 0 saturated carbocycles. The lowest BCUT2D eigenvalue weighted by Crippen LogP contribution is -2.27. The SMILES string of the molecule is CC1CCC(C)OC1.CC1COC(C)OC1.Cc1cnc(C)nc1. The summed E-state index contributed by atoms with van der Waals surface area (Å²) >= 11 is 0. The van der Waals surface area contributed by atoms with Gasteiger partial charge in [0.2, 0.25) is 0 Å². The maximum Gasteiger partial charge on any atom is 0.154 e. The van der Waals surface area contributed by atoms with Crippen LogP contribution in [0.25, 0.3) is 0 Å². The molecule has 0 radical (unpaired) electrons. The molecule has 0 N–H and O–H groups in total. The van der Waals surface area contributed by atoms with Crippen molar-refractivity contribution in [3.05, 3.63) is 23.8 Å². The van der Waals surface area contributed by atoms with Gasteiger partial charge < -0.3 is 14.2 Å². The van der Waals surface area contributed by atoms with E-state index >= 15 is 0 Å². The Morgan fingerprint density at radius 1 is 0.792 bits per heavy atom. The van der Waals surface area contributed by atoms with Crippen LogP contribution in [-0.4, -0.2) is 42.2 Å². The van der Waals surface area contributed by atoms with Crippen molar-refractivity contribution in [3.8, 4) is 0 Å². The second kappa shape index (κ2) is 11.5. The molecule has 0 bridgehead atoms. The van der Waals surface area contributed by atoms with Gasteiger partial charge in [-0.3, -0.25) is 0 Å². The monoisotopic (exact) mass is 338 g/mol. The Hall–Kier alpha value is -1.04. The third kappa shape index (κ3) is 9.96. The largest absolute Gasteiger partial charge is 0.378 e. The highest BCUT2D eigenvalue weighted by atomic mass is 16.7. The van der Waals surface area contributed by atoms with Crippen LogP contribution in [0, 0.1) is 25.7 Å². The molecule has 2 aliphatic heterocycles. The molecular formula is C19H34N2O3. The maximum atomic E-state index is 5.39. The van der Waals surface area contributed by atoms with Crippen LogP contribution in [0.15, 0.2) is 12.4 Å². The van der Waals surface area contributed by atoms with Gasteiger partial charge in [-0.1, -0.05) is 13.8 Å². The average Bonchev–Trinajstić information content (AvgIpc) is 2.57.